The second kappa shape index (κ2) is 6.04. The summed E-state index contributed by atoms with van der Waals surface area (Å²) >= 11 is 1.86. The third-order valence-electron chi connectivity index (χ3n) is 4.07. The number of hydrogen-bond acceptors (Lipinski definition) is 3. The summed E-state index contributed by atoms with van der Waals surface area (Å²) in [5.41, 5.74) is 8.66. The van der Waals surface area contributed by atoms with Crippen molar-refractivity contribution in [2.75, 3.05) is 13.1 Å². The fraction of sp³-hybridized carbons (Fsp3) is 0.500. The van der Waals surface area contributed by atoms with E-state index in [1.807, 2.05) is 11.3 Å². The summed E-state index contributed by atoms with van der Waals surface area (Å²) in [6, 6.07) is 6.50. The van der Waals surface area contributed by atoms with Crippen LogP contribution < -0.4 is 5.73 Å². The normalized spacial score (nSPS) is 17.7. The van der Waals surface area contributed by atoms with Gasteiger partial charge in [0.05, 0.1) is 0 Å². The van der Waals surface area contributed by atoms with Crippen LogP contribution in [0.15, 0.2) is 23.6 Å². The predicted octanol–water partition coefficient (Wildman–Crippen LogP) is 3.74. The first-order valence-electron chi connectivity index (χ1n) is 7.29. The van der Waals surface area contributed by atoms with Gasteiger partial charge in [-0.2, -0.15) is 0 Å². The fourth-order valence-electron chi connectivity index (χ4n) is 3.05. The Balaban J connectivity index is 1.87. The van der Waals surface area contributed by atoms with Crippen molar-refractivity contribution in [2.24, 2.45) is 5.73 Å². The minimum atomic E-state index is 0.640. The van der Waals surface area contributed by atoms with Crippen molar-refractivity contribution < 1.29 is 0 Å². The highest BCUT2D eigenvalue weighted by molar-refractivity contribution is 7.17. The summed E-state index contributed by atoms with van der Waals surface area (Å²) in [7, 11) is 0. The Bertz CT molecular complexity index is 539. The van der Waals surface area contributed by atoms with E-state index in [4.69, 9.17) is 5.73 Å². The SMILES string of the molecule is NCc1cccc2scc(CN3CCCCCC3)c12. The molecule has 0 amide bonds. The maximum Gasteiger partial charge on any atom is 0.0349 e. The van der Waals surface area contributed by atoms with Gasteiger partial charge in [0, 0.05) is 23.2 Å². The number of rotatable bonds is 3. The van der Waals surface area contributed by atoms with E-state index in [1.54, 1.807) is 0 Å². The number of fused-ring (bicyclic) bond motifs is 1. The van der Waals surface area contributed by atoms with Crippen molar-refractivity contribution in [1.29, 1.82) is 0 Å². The van der Waals surface area contributed by atoms with E-state index in [0.29, 0.717) is 6.54 Å². The van der Waals surface area contributed by atoms with Gasteiger partial charge in [0.25, 0.3) is 0 Å². The maximum absolute atomic E-state index is 5.89. The van der Waals surface area contributed by atoms with Crippen molar-refractivity contribution in [2.45, 2.75) is 38.8 Å². The van der Waals surface area contributed by atoms with Crippen LogP contribution in [-0.4, -0.2) is 18.0 Å². The first-order valence-corrected chi connectivity index (χ1v) is 8.17. The largest absolute Gasteiger partial charge is 0.326 e. The van der Waals surface area contributed by atoms with Crippen LogP contribution in [0.2, 0.25) is 0 Å². The molecule has 102 valence electrons. The van der Waals surface area contributed by atoms with Gasteiger partial charge in [-0.3, -0.25) is 4.90 Å². The first kappa shape index (κ1) is 13.1. The third-order valence-corrected chi connectivity index (χ3v) is 5.07. The van der Waals surface area contributed by atoms with Crippen molar-refractivity contribution in [3.05, 3.63) is 34.7 Å². The topological polar surface area (TPSA) is 29.3 Å². The molecule has 0 atom stereocenters. The quantitative estimate of drug-likeness (QED) is 0.924. The van der Waals surface area contributed by atoms with Crippen LogP contribution in [-0.2, 0) is 13.1 Å². The van der Waals surface area contributed by atoms with Gasteiger partial charge in [0.1, 0.15) is 0 Å². The minimum Gasteiger partial charge on any atom is -0.326 e. The average Bonchev–Trinajstić information content (AvgIpc) is 2.68. The predicted molar refractivity (Wildman–Crippen MR) is 83.5 cm³/mol. The molecule has 3 heteroatoms. The molecule has 1 aromatic carbocycles. The van der Waals surface area contributed by atoms with Crippen LogP contribution in [0.1, 0.15) is 36.8 Å². The second-order valence-corrected chi connectivity index (χ2v) is 6.36. The Labute approximate surface area is 119 Å². The smallest absolute Gasteiger partial charge is 0.0349 e. The molecule has 1 saturated heterocycles. The lowest BCUT2D eigenvalue weighted by Crippen LogP contribution is -2.23. The molecular formula is C16H22N2S. The van der Waals surface area contributed by atoms with E-state index >= 15 is 0 Å². The maximum atomic E-state index is 5.89. The van der Waals surface area contributed by atoms with Crippen molar-refractivity contribution in [1.82, 2.24) is 4.90 Å². The van der Waals surface area contributed by atoms with Gasteiger partial charge in [0.15, 0.2) is 0 Å². The Morgan fingerprint density at radius 1 is 1.05 bits per heavy atom. The van der Waals surface area contributed by atoms with Crippen LogP contribution in [0.25, 0.3) is 10.1 Å². The van der Waals surface area contributed by atoms with E-state index in [1.165, 1.54) is 60.0 Å². The molecule has 1 aliphatic rings. The molecule has 0 aliphatic carbocycles. The molecule has 0 saturated carbocycles. The Morgan fingerprint density at radius 2 is 1.84 bits per heavy atom. The van der Waals surface area contributed by atoms with Crippen molar-refractivity contribution in [3.8, 4) is 0 Å². The molecule has 3 rings (SSSR count). The number of likely N-dealkylation sites (tertiary alicyclic amines) is 1. The molecule has 2 nitrogen and oxygen atoms in total. The lowest BCUT2D eigenvalue weighted by atomic mass is 10.1. The van der Waals surface area contributed by atoms with Gasteiger partial charge in [-0.15, -0.1) is 11.3 Å². The number of benzene rings is 1. The average molecular weight is 274 g/mol. The van der Waals surface area contributed by atoms with E-state index in [2.05, 4.69) is 28.5 Å². The van der Waals surface area contributed by atoms with Gasteiger partial charge in [-0.25, -0.2) is 0 Å². The molecule has 0 bridgehead atoms. The van der Waals surface area contributed by atoms with E-state index in [-0.39, 0.29) is 0 Å². The van der Waals surface area contributed by atoms with E-state index in [0.717, 1.165) is 6.54 Å². The molecular weight excluding hydrogens is 252 g/mol. The van der Waals surface area contributed by atoms with E-state index < -0.39 is 0 Å². The van der Waals surface area contributed by atoms with Crippen LogP contribution in [0.4, 0.5) is 0 Å². The Kier molecular flexibility index (Phi) is 4.16. The highest BCUT2D eigenvalue weighted by Crippen LogP contribution is 2.30. The van der Waals surface area contributed by atoms with Crippen molar-refractivity contribution in [3.63, 3.8) is 0 Å². The molecule has 2 N–H and O–H groups in total. The number of nitrogens with zero attached hydrogens (tertiary/aromatic N) is 1. The molecule has 0 unspecified atom stereocenters. The monoisotopic (exact) mass is 274 g/mol. The molecule has 0 spiro atoms. The lowest BCUT2D eigenvalue weighted by Gasteiger charge is -2.19. The highest BCUT2D eigenvalue weighted by atomic mass is 32.1. The lowest BCUT2D eigenvalue weighted by molar-refractivity contribution is 0.278. The summed E-state index contributed by atoms with van der Waals surface area (Å²) in [5.74, 6) is 0. The zero-order valence-corrected chi connectivity index (χ0v) is 12.2. The molecule has 2 heterocycles. The van der Waals surface area contributed by atoms with Crippen molar-refractivity contribution >= 4 is 21.4 Å². The summed E-state index contributed by atoms with van der Waals surface area (Å²) < 4.78 is 1.38. The third kappa shape index (κ3) is 2.83. The van der Waals surface area contributed by atoms with Gasteiger partial charge in [0.2, 0.25) is 0 Å². The molecule has 0 radical (unpaired) electrons. The zero-order valence-electron chi connectivity index (χ0n) is 11.4. The summed E-state index contributed by atoms with van der Waals surface area (Å²) in [6.07, 6.45) is 5.50. The first-order chi connectivity index (χ1) is 9.38. The van der Waals surface area contributed by atoms with Gasteiger partial charge < -0.3 is 5.73 Å². The van der Waals surface area contributed by atoms with E-state index in [9.17, 15) is 0 Å². The van der Waals surface area contributed by atoms with Gasteiger partial charge in [-0.1, -0.05) is 25.0 Å². The standard InChI is InChI=1S/C16H22N2S/c17-10-13-6-5-7-15-16(13)14(12-19-15)11-18-8-3-1-2-4-9-18/h5-7,12H,1-4,8-11,17H2. The molecule has 19 heavy (non-hydrogen) atoms. The summed E-state index contributed by atoms with van der Waals surface area (Å²) in [4.78, 5) is 2.61. The Hall–Kier alpha value is -0.900. The number of thiophene rings is 1. The minimum absolute atomic E-state index is 0.640. The second-order valence-electron chi connectivity index (χ2n) is 5.45. The molecule has 1 fully saturated rings. The molecule has 1 aromatic heterocycles. The van der Waals surface area contributed by atoms with Crippen LogP contribution in [0.3, 0.4) is 0 Å². The highest BCUT2D eigenvalue weighted by Gasteiger charge is 2.13. The van der Waals surface area contributed by atoms with Gasteiger partial charge in [-0.05, 0) is 48.5 Å². The van der Waals surface area contributed by atoms with Crippen LogP contribution in [0, 0.1) is 0 Å². The summed E-state index contributed by atoms with van der Waals surface area (Å²) in [6.45, 7) is 4.24. The molecule has 2 aromatic rings. The van der Waals surface area contributed by atoms with Gasteiger partial charge >= 0.3 is 0 Å². The molecule has 1 aliphatic heterocycles. The number of nitrogens with two attached hydrogens (primary N) is 1. The zero-order chi connectivity index (χ0) is 13.1. The Morgan fingerprint density at radius 3 is 2.58 bits per heavy atom. The number of hydrogen-bond donors (Lipinski definition) is 1. The summed E-state index contributed by atoms with van der Waals surface area (Å²) in [5, 5.41) is 3.74. The van der Waals surface area contributed by atoms with Crippen LogP contribution >= 0.6 is 11.3 Å². The fourth-order valence-corrected chi connectivity index (χ4v) is 4.05. The van der Waals surface area contributed by atoms with Crippen LogP contribution in [0.5, 0.6) is 0 Å².